The van der Waals surface area contributed by atoms with Gasteiger partial charge in [-0.2, -0.15) is 0 Å². The van der Waals surface area contributed by atoms with Crippen molar-refractivity contribution in [2.45, 2.75) is 95.2 Å². The lowest BCUT2D eigenvalue weighted by Crippen LogP contribution is -2.44. The van der Waals surface area contributed by atoms with Crippen molar-refractivity contribution in [3.8, 4) is 6.01 Å². The van der Waals surface area contributed by atoms with Crippen LogP contribution in [-0.4, -0.2) is 58.0 Å². The number of carbonyl (C=O) groups is 1. The molecule has 40 heavy (non-hydrogen) atoms. The smallest absolute Gasteiger partial charge is 0.412 e. The Kier molecular flexibility index (Phi) is 6.86. The van der Waals surface area contributed by atoms with Gasteiger partial charge in [-0.1, -0.05) is 11.6 Å². The summed E-state index contributed by atoms with van der Waals surface area (Å²) >= 11 is 6.71. The largest absolute Gasteiger partial charge is 0.463 e. The number of hydrogen-bond donors (Lipinski definition) is 2. The first-order valence-electron chi connectivity index (χ1n) is 14.1. The van der Waals surface area contributed by atoms with Crippen molar-refractivity contribution >= 4 is 23.4 Å². The zero-order chi connectivity index (χ0) is 28.3. The Hall–Kier alpha value is -2.69. The highest BCUT2D eigenvalue weighted by atomic mass is 35.5. The maximum absolute atomic E-state index is 14.2. The van der Waals surface area contributed by atoms with E-state index < -0.39 is 23.5 Å². The molecule has 1 spiro atoms. The fourth-order valence-corrected chi connectivity index (χ4v) is 7.19. The van der Waals surface area contributed by atoms with Crippen LogP contribution in [0, 0.1) is 0 Å². The maximum Gasteiger partial charge on any atom is 0.412 e. The predicted octanol–water partition coefficient (Wildman–Crippen LogP) is 5.03. The Morgan fingerprint density at radius 3 is 2.92 bits per heavy atom. The van der Waals surface area contributed by atoms with Crippen LogP contribution in [0.25, 0.3) is 0 Å². The normalized spacial score (nSPS) is 27.7. The van der Waals surface area contributed by atoms with Crippen LogP contribution in [-0.2, 0) is 34.5 Å². The molecule has 1 unspecified atom stereocenters. The summed E-state index contributed by atoms with van der Waals surface area (Å²) in [5.74, 6) is 0. The maximum atomic E-state index is 14.2. The number of aromatic amines is 1. The summed E-state index contributed by atoms with van der Waals surface area (Å²) in [6.45, 7) is 7.09. The molecule has 1 aromatic carbocycles. The number of alkyl halides is 1. The summed E-state index contributed by atoms with van der Waals surface area (Å²) in [6, 6.07) is 3.77. The Morgan fingerprint density at radius 2 is 2.12 bits per heavy atom. The molecule has 2 N–H and O–H groups in total. The van der Waals surface area contributed by atoms with E-state index in [-0.39, 0.29) is 30.3 Å². The number of ether oxygens (including phenoxy) is 3. The predicted molar refractivity (Wildman–Crippen MR) is 148 cm³/mol. The van der Waals surface area contributed by atoms with Crippen LogP contribution in [0.3, 0.4) is 0 Å². The van der Waals surface area contributed by atoms with Crippen molar-refractivity contribution in [2.75, 3.05) is 25.0 Å². The number of H-pyrrole nitrogens is 1. The average molecular weight is 575 g/mol. The number of halogens is 2. The SMILES string of the molecule is CC(C)(C)OC(=O)Nc1cc(Cl)c2c(c1)C1(CCC2)Cc2nc(OC[C@@]34CCCN3C[C@H](F)C4)[nH]c(=O)c2CO1. The lowest BCUT2D eigenvalue weighted by Gasteiger charge is -2.42. The van der Waals surface area contributed by atoms with Crippen LogP contribution in [0.5, 0.6) is 6.01 Å². The fourth-order valence-electron chi connectivity index (χ4n) is 6.88. The van der Waals surface area contributed by atoms with Crippen molar-refractivity contribution in [3.05, 3.63) is 49.9 Å². The van der Waals surface area contributed by atoms with Gasteiger partial charge in [0.1, 0.15) is 18.4 Å². The second kappa shape index (κ2) is 9.99. The van der Waals surface area contributed by atoms with Crippen LogP contribution in [0.2, 0.25) is 5.02 Å². The quantitative estimate of drug-likeness (QED) is 0.527. The zero-order valence-electron chi connectivity index (χ0n) is 23.2. The fraction of sp³-hybridized carbons (Fsp3) is 0.621. The molecule has 0 bridgehead atoms. The van der Waals surface area contributed by atoms with Gasteiger partial charge >= 0.3 is 6.09 Å². The van der Waals surface area contributed by atoms with Crippen LogP contribution >= 0.6 is 11.6 Å². The van der Waals surface area contributed by atoms with Crippen LogP contribution in [0.15, 0.2) is 16.9 Å². The molecule has 216 valence electrons. The third-order valence-electron chi connectivity index (χ3n) is 8.60. The molecule has 0 radical (unpaired) electrons. The third kappa shape index (κ3) is 5.10. The first kappa shape index (κ1) is 27.5. The highest BCUT2D eigenvalue weighted by Gasteiger charge is 2.49. The molecule has 1 aromatic heterocycles. The van der Waals surface area contributed by atoms with E-state index in [0.29, 0.717) is 47.8 Å². The van der Waals surface area contributed by atoms with E-state index in [4.69, 9.17) is 30.8 Å². The third-order valence-corrected chi connectivity index (χ3v) is 8.94. The number of hydrogen-bond acceptors (Lipinski definition) is 7. The number of rotatable bonds is 4. The van der Waals surface area contributed by atoms with E-state index in [1.165, 1.54) is 0 Å². The summed E-state index contributed by atoms with van der Waals surface area (Å²) in [6.07, 6.45) is 3.62. The number of anilines is 1. The molecule has 6 rings (SSSR count). The number of carbonyl (C=O) groups excluding carboxylic acids is 1. The first-order chi connectivity index (χ1) is 19.0. The molecule has 2 fully saturated rings. The molecule has 2 aromatic rings. The van der Waals surface area contributed by atoms with E-state index in [9.17, 15) is 14.0 Å². The summed E-state index contributed by atoms with van der Waals surface area (Å²) < 4.78 is 32.1. The van der Waals surface area contributed by atoms with Gasteiger partial charge in [-0.15, -0.1) is 0 Å². The standard InChI is InChI=1S/C29H36ClFN4O5/c1-27(2,3)40-26(37)32-18-10-21-19(22(30)11-18)6-4-8-29(21)13-23-20(15-39-29)24(36)34-25(33-23)38-16-28-7-5-9-35(28)14-17(31)12-28/h10-11,17H,4-9,12-16H2,1-3H3,(H,32,37)(H,33,34,36)/t17-,28+,29?/m1/s1. The minimum Gasteiger partial charge on any atom is -0.463 e. The molecule has 1 aliphatic carbocycles. The van der Waals surface area contributed by atoms with Crippen molar-refractivity contribution < 1.29 is 23.4 Å². The van der Waals surface area contributed by atoms with Gasteiger partial charge in [0, 0.05) is 30.1 Å². The Morgan fingerprint density at radius 1 is 1.30 bits per heavy atom. The van der Waals surface area contributed by atoms with Crippen molar-refractivity contribution in [1.29, 1.82) is 0 Å². The second-order valence-corrected chi connectivity index (χ2v) is 13.0. The van der Waals surface area contributed by atoms with Gasteiger partial charge in [-0.3, -0.25) is 20.0 Å². The molecular formula is C29H36ClFN4O5. The molecule has 9 nitrogen and oxygen atoms in total. The minimum atomic E-state index is -0.857. The molecule has 4 heterocycles. The van der Waals surface area contributed by atoms with Crippen molar-refractivity contribution in [3.63, 3.8) is 0 Å². The molecule has 11 heteroatoms. The van der Waals surface area contributed by atoms with Crippen LogP contribution < -0.4 is 15.6 Å². The number of benzene rings is 1. The number of nitrogens with zero attached hydrogens (tertiary/aromatic N) is 2. The molecular weight excluding hydrogens is 539 g/mol. The van der Waals surface area contributed by atoms with E-state index in [0.717, 1.165) is 43.4 Å². The lowest BCUT2D eigenvalue weighted by atomic mass is 9.74. The van der Waals surface area contributed by atoms with Gasteiger partial charge < -0.3 is 14.2 Å². The van der Waals surface area contributed by atoms with Gasteiger partial charge in [-0.05, 0) is 82.7 Å². The molecule has 4 aliphatic rings. The van der Waals surface area contributed by atoms with Crippen LogP contribution in [0.1, 0.15) is 75.3 Å². The number of fused-ring (bicyclic) bond motifs is 4. The molecule has 0 saturated carbocycles. The summed E-state index contributed by atoms with van der Waals surface area (Å²) in [4.78, 5) is 35.1. The average Bonchev–Trinajstić information content (AvgIpc) is 3.38. The topological polar surface area (TPSA) is 106 Å². The van der Waals surface area contributed by atoms with E-state index in [1.54, 1.807) is 26.8 Å². The van der Waals surface area contributed by atoms with Gasteiger partial charge in [0.15, 0.2) is 0 Å². The minimum absolute atomic E-state index is 0.0972. The summed E-state index contributed by atoms with van der Waals surface area (Å²) in [5.41, 5.74) is 1.44. The van der Waals surface area contributed by atoms with Gasteiger partial charge in [-0.25, -0.2) is 14.2 Å². The highest BCUT2D eigenvalue weighted by Crippen LogP contribution is 2.47. The number of amides is 1. The van der Waals surface area contributed by atoms with Crippen molar-refractivity contribution in [1.82, 2.24) is 14.9 Å². The molecule has 3 atom stereocenters. The Labute approximate surface area is 237 Å². The second-order valence-electron chi connectivity index (χ2n) is 12.6. The van der Waals surface area contributed by atoms with Gasteiger partial charge in [0.25, 0.3) is 11.6 Å². The molecule has 3 aliphatic heterocycles. The Balaban J connectivity index is 1.27. The first-order valence-corrected chi connectivity index (χ1v) is 14.4. The monoisotopic (exact) mass is 574 g/mol. The van der Waals surface area contributed by atoms with Crippen LogP contribution in [0.4, 0.5) is 14.9 Å². The molecule has 2 saturated heterocycles. The van der Waals surface area contributed by atoms with Gasteiger partial charge in [0.2, 0.25) is 0 Å². The summed E-state index contributed by atoms with van der Waals surface area (Å²) in [5, 5.41) is 3.34. The highest BCUT2D eigenvalue weighted by molar-refractivity contribution is 6.31. The number of aromatic nitrogens is 2. The van der Waals surface area contributed by atoms with E-state index in [2.05, 4.69) is 15.2 Å². The summed E-state index contributed by atoms with van der Waals surface area (Å²) in [7, 11) is 0. The van der Waals surface area contributed by atoms with E-state index in [1.807, 2.05) is 6.07 Å². The number of nitrogens with one attached hydrogen (secondary N) is 2. The zero-order valence-corrected chi connectivity index (χ0v) is 24.0. The lowest BCUT2D eigenvalue weighted by molar-refractivity contribution is -0.0862. The van der Waals surface area contributed by atoms with E-state index >= 15 is 0 Å². The van der Waals surface area contributed by atoms with Gasteiger partial charge in [0.05, 0.1) is 29.0 Å². The molecule has 1 amide bonds. The Bertz CT molecular complexity index is 1390. The van der Waals surface area contributed by atoms with Crippen molar-refractivity contribution in [2.24, 2.45) is 0 Å².